The first-order chi connectivity index (χ1) is 11.1. The first-order valence-electron chi connectivity index (χ1n) is 7.60. The Kier molecular flexibility index (Phi) is 4.14. The molecule has 122 valence electrons. The van der Waals surface area contributed by atoms with E-state index in [4.69, 9.17) is 0 Å². The van der Waals surface area contributed by atoms with E-state index in [0.717, 1.165) is 23.1 Å². The molecule has 1 aliphatic rings. The molecule has 3 heterocycles. The van der Waals surface area contributed by atoms with E-state index in [-0.39, 0.29) is 23.9 Å². The summed E-state index contributed by atoms with van der Waals surface area (Å²) in [6.07, 6.45) is 5.00. The van der Waals surface area contributed by atoms with Gasteiger partial charge in [-0.15, -0.1) is 0 Å². The first kappa shape index (κ1) is 15.3. The highest BCUT2D eigenvalue weighted by molar-refractivity contribution is 5.76. The lowest BCUT2D eigenvalue weighted by Crippen LogP contribution is -2.44. The number of hydrogen-bond acceptors (Lipinski definition) is 4. The molecule has 0 aromatic carbocycles. The van der Waals surface area contributed by atoms with E-state index in [1.807, 2.05) is 6.07 Å². The second-order valence-electron chi connectivity index (χ2n) is 5.81. The van der Waals surface area contributed by atoms with Gasteiger partial charge >= 0.3 is 5.69 Å². The van der Waals surface area contributed by atoms with E-state index in [9.17, 15) is 14.4 Å². The number of nitrogens with zero attached hydrogens (tertiary/aromatic N) is 4. The number of likely N-dealkylation sites (tertiary alicyclic amines) is 1. The summed E-state index contributed by atoms with van der Waals surface area (Å²) in [6.45, 7) is 1.24. The number of H-pyrrole nitrogens is 1. The van der Waals surface area contributed by atoms with Gasteiger partial charge in [-0.2, -0.15) is 5.10 Å². The minimum Gasteiger partial charge on any atom is -0.340 e. The molecule has 0 radical (unpaired) electrons. The highest BCUT2D eigenvalue weighted by atomic mass is 16.2. The predicted molar refractivity (Wildman–Crippen MR) is 83.1 cm³/mol. The third kappa shape index (κ3) is 3.10. The lowest BCUT2D eigenvalue weighted by Gasteiger charge is -2.32. The highest BCUT2D eigenvalue weighted by Gasteiger charge is 2.25. The van der Waals surface area contributed by atoms with Crippen LogP contribution >= 0.6 is 0 Å². The summed E-state index contributed by atoms with van der Waals surface area (Å²) < 4.78 is 2.26. The molecule has 0 saturated carbocycles. The Bertz CT molecular complexity index is 805. The van der Waals surface area contributed by atoms with Crippen molar-refractivity contribution in [1.29, 1.82) is 0 Å². The van der Waals surface area contributed by atoms with Crippen molar-refractivity contribution in [3.63, 3.8) is 0 Å². The zero-order valence-electron chi connectivity index (χ0n) is 12.9. The van der Waals surface area contributed by atoms with Crippen molar-refractivity contribution >= 4 is 5.91 Å². The second-order valence-corrected chi connectivity index (χ2v) is 5.81. The summed E-state index contributed by atoms with van der Waals surface area (Å²) >= 11 is 0. The van der Waals surface area contributed by atoms with Crippen molar-refractivity contribution < 1.29 is 4.79 Å². The highest BCUT2D eigenvalue weighted by Crippen LogP contribution is 2.25. The molecule has 1 saturated heterocycles. The van der Waals surface area contributed by atoms with Gasteiger partial charge in [0.15, 0.2) is 0 Å². The average Bonchev–Trinajstić information content (AvgIpc) is 3.10. The molecule has 23 heavy (non-hydrogen) atoms. The van der Waals surface area contributed by atoms with Gasteiger partial charge in [-0.1, -0.05) is 0 Å². The standard InChI is InChI=1S/C15H19N5O3/c1-18-13(21)5-8-20(15(18)23)10-14(22)19-7-2-3-11(9-19)12-4-6-16-17-12/h4-6,8,11H,2-3,7,9-10H2,1H3,(H,16,17)/t11-/m0/s1. The number of nitrogens with one attached hydrogen (secondary N) is 1. The van der Waals surface area contributed by atoms with Crippen LogP contribution in [0.1, 0.15) is 24.5 Å². The lowest BCUT2D eigenvalue weighted by atomic mass is 9.95. The maximum Gasteiger partial charge on any atom is 0.331 e. The number of hydrogen-bond donors (Lipinski definition) is 1. The zero-order chi connectivity index (χ0) is 16.4. The molecule has 1 aliphatic heterocycles. The van der Waals surface area contributed by atoms with Crippen LogP contribution in [-0.2, 0) is 18.4 Å². The molecule has 0 unspecified atom stereocenters. The van der Waals surface area contributed by atoms with Gasteiger partial charge < -0.3 is 4.90 Å². The van der Waals surface area contributed by atoms with Crippen molar-refractivity contribution in [2.45, 2.75) is 25.3 Å². The summed E-state index contributed by atoms with van der Waals surface area (Å²) in [6, 6.07) is 3.22. The summed E-state index contributed by atoms with van der Waals surface area (Å²) in [4.78, 5) is 37.7. The van der Waals surface area contributed by atoms with Crippen LogP contribution in [0.4, 0.5) is 0 Å². The summed E-state index contributed by atoms with van der Waals surface area (Å²) in [5.41, 5.74) is 0.172. The van der Waals surface area contributed by atoms with Gasteiger partial charge in [0.05, 0.1) is 0 Å². The number of amides is 1. The molecule has 1 N–H and O–H groups in total. The minimum atomic E-state index is -0.479. The van der Waals surface area contributed by atoms with Crippen LogP contribution in [0.2, 0.25) is 0 Å². The van der Waals surface area contributed by atoms with Gasteiger partial charge in [-0.25, -0.2) is 4.79 Å². The third-order valence-electron chi connectivity index (χ3n) is 4.30. The third-order valence-corrected chi connectivity index (χ3v) is 4.30. The lowest BCUT2D eigenvalue weighted by molar-refractivity contribution is -0.133. The molecule has 3 rings (SSSR count). The van der Waals surface area contributed by atoms with E-state index >= 15 is 0 Å². The van der Waals surface area contributed by atoms with E-state index in [2.05, 4.69) is 10.2 Å². The summed E-state index contributed by atoms with van der Waals surface area (Å²) in [5.74, 6) is 0.127. The topological polar surface area (TPSA) is 93.0 Å². The molecular formula is C15H19N5O3. The molecule has 0 bridgehead atoms. The smallest absolute Gasteiger partial charge is 0.331 e. The fourth-order valence-electron chi connectivity index (χ4n) is 2.93. The molecule has 1 fully saturated rings. The average molecular weight is 317 g/mol. The number of aromatic nitrogens is 4. The predicted octanol–water partition coefficient (Wildman–Crippen LogP) is -0.324. The monoisotopic (exact) mass is 317 g/mol. The maximum atomic E-state index is 12.5. The zero-order valence-corrected chi connectivity index (χ0v) is 12.9. The SMILES string of the molecule is Cn1c(=O)ccn(CC(=O)N2CCC[C@H](c3ccn[nH]3)C2)c1=O. The molecule has 2 aromatic rings. The minimum absolute atomic E-state index is 0.0529. The normalized spacial score (nSPS) is 18.1. The quantitative estimate of drug-likeness (QED) is 0.839. The summed E-state index contributed by atoms with van der Waals surface area (Å²) in [5, 5.41) is 6.92. The Morgan fingerprint density at radius 3 is 2.96 bits per heavy atom. The van der Waals surface area contributed by atoms with Gasteiger partial charge in [-0.05, 0) is 18.9 Å². The fourth-order valence-corrected chi connectivity index (χ4v) is 2.93. The Morgan fingerprint density at radius 2 is 2.22 bits per heavy atom. The molecule has 8 nitrogen and oxygen atoms in total. The fraction of sp³-hybridized carbons (Fsp3) is 0.467. The van der Waals surface area contributed by atoms with E-state index < -0.39 is 5.69 Å². The van der Waals surface area contributed by atoms with Crippen molar-refractivity contribution in [3.8, 4) is 0 Å². The van der Waals surface area contributed by atoms with Gasteiger partial charge in [0.25, 0.3) is 5.56 Å². The van der Waals surface area contributed by atoms with Crippen LogP contribution in [-0.4, -0.2) is 43.2 Å². The largest absolute Gasteiger partial charge is 0.340 e. The van der Waals surface area contributed by atoms with Crippen LogP contribution in [0.3, 0.4) is 0 Å². The molecule has 8 heteroatoms. The Balaban J connectivity index is 1.72. The van der Waals surface area contributed by atoms with Crippen LogP contribution in [0, 0.1) is 0 Å². The number of rotatable bonds is 3. The molecule has 2 aromatic heterocycles. The van der Waals surface area contributed by atoms with Crippen molar-refractivity contribution in [2.24, 2.45) is 7.05 Å². The maximum absolute atomic E-state index is 12.5. The van der Waals surface area contributed by atoms with Gasteiger partial charge in [0.1, 0.15) is 6.54 Å². The van der Waals surface area contributed by atoms with Gasteiger partial charge in [0.2, 0.25) is 5.91 Å². The molecule has 0 aliphatic carbocycles. The van der Waals surface area contributed by atoms with Crippen LogP contribution in [0.15, 0.2) is 34.1 Å². The number of piperidine rings is 1. The molecular weight excluding hydrogens is 298 g/mol. The van der Waals surface area contributed by atoms with E-state index in [1.54, 1.807) is 11.1 Å². The number of aromatic amines is 1. The molecule has 1 atom stereocenters. The molecule has 1 amide bonds. The number of carbonyl (C=O) groups is 1. The number of carbonyl (C=O) groups excluding carboxylic acids is 1. The van der Waals surface area contributed by atoms with Crippen molar-refractivity contribution in [3.05, 3.63) is 51.1 Å². The Morgan fingerprint density at radius 1 is 1.39 bits per heavy atom. The van der Waals surface area contributed by atoms with Gasteiger partial charge in [0, 0.05) is 50.2 Å². The van der Waals surface area contributed by atoms with Crippen LogP contribution in [0.25, 0.3) is 0 Å². The Hall–Kier alpha value is -2.64. The Labute approximate surface area is 132 Å². The van der Waals surface area contributed by atoms with Crippen molar-refractivity contribution in [2.75, 3.05) is 13.1 Å². The van der Waals surface area contributed by atoms with E-state index in [0.29, 0.717) is 13.1 Å². The van der Waals surface area contributed by atoms with E-state index in [1.165, 1.54) is 23.9 Å². The summed E-state index contributed by atoms with van der Waals surface area (Å²) in [7, 11) is 1.40. The van der Waals surface area contributed by atoms with Gasteiger partial charge in [-0.3, -0.25) is 23.8 Å². The van der Waals surface area contributed by atoms with Crippen LogP contribution in [0.5, 0.6) is 0 Å². The molecule has 0 spiro atoms. The second kappa shape index (κ2) is 6.23. The first-order valence-corrected chi connectivity index (χ1v) is 7.60. The van der Waals surface area contributed by atoms with Crippen LogP contribution < -0.4 is 11.2 Å². The van der Waals surface area contributed by atoms with Crippen molar-refractivity contribution in [1.82, 2.24) is 24.2 Å².